The highest BCUT2D eigenvalue weighted by Gasteiger charge is 2.24. The molecule has 8 aromatic carbocycles. The van der Waals surface area contributed by atoms with Crippen molar-refractivity contribution in [1.82, 2.24) is 0 Å². The van der Waals surface area contributed by atoms with Crippen LogP contribution in [-0.2, 0) is 0 Å². The molecule has 0 atom stereocenters. The molecule has 1 N–H and O–H groups in total. The summed E-state index contributed by atoms with van der Waals surface area (Å²) in [6.07, 6.45) is 0. The van der Waals surface area contributed by atoms with Gasteiger partial charge in [0.2, 0.25) is 0 Å². The van der Waals surface area contributed by atoms with Crippen molar-refractivity contribution in [3.05, 3.63) is 218 Å². The predicted octanol–water partition coefficient (Wildman–Crippen LogP) is 10.3. The van der Waals surface area contributed by atoms with Crippen molar-refractivity contribution in [2.45, 2.75) is 0 Å². The van der Waals surface area contributed by atoms with Gasteiger partial charge in [-0.05, 0) is 71.4 Å². The van der Waals surface area contributed by atoms with Gasteiger partial charge in [-0.1, -0.05) is 206 Å². The van der Waals surface area contributed by atoms with Crippen LogP contribution in [0.4, 0.5) is 11.4 Å². The minimum atomic E-state index is -0.866. The maximum atomic E-state index is 4.13. The van der Waals surface area contributed by atoms with E-state index in [4.69, 9.17) is 0 Å². The Morgan fingerprint density at radius 2 is 0.529 bits per heavy atom. The average Bonchev–Trinajstić information content (AvgIpc) is 3.21. The lowest BCUT2D eigenvalue weighted by atomic mass is 10.0. The summed E-state index contributed by atoms with van der Waals surface area (Å²) in [6.45, 7) is 0. The largest absolute Gasteiger partial charge is 0.354 e. The number of hydrogen-bond acceptors (Lipinski definition) is 1. The molecule has 0 aliphatic carbocycles. The summed E-state index contributed by atoms with van der Waals surface area (Å²) in [5, 5.41) is 12.0. The zero-order valence-electron chi connectivity index (χ0n) is 28.2. The summed E-state index contributed by atoms with van der Waals surface area (Å²) < 4.78 is 0. The van der Waals surface area contributed by atoms with E-state index in [1.54, 1.807) is 0 Å². The Balaban J connectivity index is 1.36. The Hall–Kier alpha value is -5.58. The highest BCUT2D eigenvalue weighted by molar-refractivity contribution is 7.80. The first-order valence-electron chi connectivity index (χ1n) is 17.3. The molecule has 3 heteroatoms. The van der Waals surface area contributed by atoms with Crippen molar-refractivity contribution < 1.29 is 0 Å². The zero-order chi connectivity index (χ0) is 34.2. The van der Waals surface area contributed by atoms with E-state index < -0.39 is 15.8 Å². The topological polar surface area (TPSA) is 12.0 Å². The van der Waals surface area contributed by atoms with E-state index in [2.05, 4.69) is 224 Å². The molecule has 0 spiro atoms. The molecule has 8 aromatic rings. The molecule has 0 unspecified atom stereocenters. The second-order valence-electron chi connectivity index (χ2n) is 12.3. The highest BCUT2D eigenvalue weighted by atomic mass is 31.1. The lowest BCUT2D eigenvalue weighted by Gasteiger charge is -2.27. The molecule has 0 aromatic heterocycles. The number of rotatable bonds is 10. The molecule has 0 saturated carbocycles. The fraction of sp³-hybridized carbons (Fsp3) is 0. The van der Waals surface area contributed by atoms with Crippen LogP contribution in [0.2, 0.25) is 0 Å². The first-order valence-corrected chi connectivity index (χ1v) is 20.0. The van der Waals surface area contributed by atoms with E-state index in [9.17, 15) is 0 Å². The Morgan fingerprint density at radius 1 is 0.255 bits per heavy atom. The first kappa shape index (κ1) is 32.6. The van der Waals surface area contributed by atoms with Gasteiger partial charge in [0.1, 0.15) is 0 Å². The minimum absolute atomic E-state index is 0.866. The highest BCUT2D eigenvalue weighted by Crippen LogP contribution is 2.41. The molecule has 0 radical (unpaired) electrons. The molecule has 51 heavy (non-hydrogen) atoms. The van der Waals surface area contributed by atoms with Gasteiger partial charge in [0.15, 0.2) is 0 Å². The smallest absolute Gasteiger partial charge is 0.0475 e. The Morgan fingerprint density at radius 3 is 0.824 bits per heavy atom. The van der Waals surface area contributed by atoms with Crippen LogP contribution in [0.3, 0.4) is 0 Å². The average molecular weight is 690 g/mol. The van der Waals surface area contributed by atoms with Gasteiger partial charge in [-0.2, -0.15) is 0 Å². The van der Waals surface area contributed by atoms with Crippen molar-refractivity contribution in [1.29, 1.82) is 0 Å². The Bertz CT molecular complexity index is 2070. The fourth-order valence-corrected chi connectivity index (χ4v) is 11.4. The SMILES string of the molecule is c1ccc(-c2ccc(P(c3ccccc3)c3ccccc3)c(Nc3cc(-c4ccccc4)ccc3P(c3ccccc3)c3ccccc3)c2)cc1. The summed E-state index contributed by atoms with van der Waals surface area (Å²) in [6, 6.07) is 79.4. The number of hydrogen-bond donors (Lipinski definition) is 1. The van der Waals surface area contributed by atoms with Gasteiger partial charge in [-0.3, -0.25) is 0 Å². The Kier molecular flexibility index (Phi) is 9.94. The number of anilines is 2. The fourth-order valence-electron chi connectivity index (χ4n) is 6.59. The minimum Gasteiger partial charge on any atom is -0.354 e. The molecule has 0 fully saturated rings. The second kappa shape index (κ2) is 15.5. The monoisotopic (exact) mass is 689 g/mol. The van der Waals surface area contributed by atoms with Crippen LogP contribution < -0.4 is 37.1 Å². The second-order valence-corrected chi connectivity index (χ2v) is 16.7. The van der Waals surface area contributed by atoms with Gasteiger partial charge < -0.3 is 5.32 Å². The summed E-state index contributed by atoms with van der Waals surface area (Å²) in [5.41, 5.74) is 7.02. The van der Waals surface area contributed by atoms with Gasteiger partial charge in [0, 0.05) is 22.0 Å². The lowest BCUT2D eigenvalue weighted by molar-refractivity contribution is 1.56. The molecule has 8 rings (SSSR count). The van der Waals surface area contributed by atoms with Crippen molar-refractivity contribution in [3.8, 4) is 22.3 Å². The maximum Gasteiger partial charge on any atom is 0.0475 e. The Labute approximate surface area is 303 Å². The molecule has 0 heterocycles. The zero-order valence-corrected chi connectivity index (χ0v) is 30.0. The van der Waals surface area contributed by atoms with Gasteiger partial charge in [0.25, 0.3) is 0 Å². The third-order valence-corrected chi connectivity index (χ3v) is 14.0. The molecule has 0 amide bonds. The quantitative estimate of drug-likeness (QED) is 0.141. The summed E-state index contributed by atoms with van der Waals surface area (Å²) in [4.78, 5) is 0. The standard InChI is InChI=1S/C48H37NP2/c1-7-19-37(20-8-1)39-31-33-47(50(41-23-11-3-12-24-41)42-25-13-4-14-26-42)45(35-39)49-46-36-40(38-21-9-2-10-22-38)32-34-48(46)51(43-27-15-5-16-28-43)44-29-17-6-18-30-44/h1-36,49H. The third-order valence-electron chi connectivity index (χ3n) is 9.02. The molecule has 1 nitrogen and oxygen atoms in total. The van der Waals surface area contributed by atoms with Gasteiger partial charge in [0.05, 0.1) is 0 Å². The van der Waals surface area contributed by atoms with Crippen LogP contribution in [0.5, 0.6) is 0 Å². The van der Waals surface area contributed by atoms with Crippen LogP contribution in [0, 0.1) is 0 Å². The molecular formula is C48H37NP2. The van der Waals surface area contributed by atoms with Crippen LogP contribution in [0.15, 0.2) is 218 Å². The first-order chi connectivity index (χ1) is 25.3. The van der Waals surface area contributed by atoms with E-state index in [0.29, 0.717) is 0 Å². The van der Waals surface area contributed by atoms with Crippen LogP contribution >= 0.6 is 15.8 Å². The molecule has 0 bridgehead atoms. The van der Waals surface area contributed by atoms with E-state index in [1.165, 1.54) is 54.1 Å². The number of benzene rings is 8. The molecule has 244 valence electrons. The third kappa shape index (κ3) is 7.33. The molecule has 0 saturated heterocycles. The molecular weight excluding hydrogens is 652 g/mol. The van der Waals surface area contributed by atoms with E-state index >= 15 is 0 Å². The van der Waals surface area contributed by atoms with Gasteiger partial charge in [-0.15, -0.1) is 0 Å². The summed E-state index contributed by atoms with van der Waals surface area (Å²) in [5.74, 6) is 0. The van der Waals surface area contributed by atoms with Crippen molar-refractivity contribution in [2.24, 2.45) is 0 Å². The van der Waals surface area contributed by atoms with Crippen molar-refractivity contribution in [2.75, 3.05) is 5.32 Å². The predicted molar refractivity (Wildman–Crippen MR) is 224 cm³/mol. The van der Waals surface area contributed by atoms with Gasteiger partial charge >= 0.3 is 0 Å². The molecule has 0 aliphatic heterocycles. The van der Waals surface area contributed by atoms with E-state index in [0.717, 1.165) is 11.4 Å². The summed E-state index contributed by atoms with van der Waals surface area (Å²) in [7, 11) is -1.73. The van der Waals surface area contributed by atoms with Crippen molar-refractivity contribution in [3.63, 3.8) is 0 Å². The number of nitrogens with one attached hydrogen (secondary N) is 1. The van der Waals surface area contributed by atoms with E-state index in [1.807, 2.05) is 0 Å². The van der Waals surface area contributed by atoms with Crippen LogP contribution in [0.25, 0.3) is 22.3 Å². The maximum absolute atomic E-state index is 4.13. The van der Waals surface area contributed by atoms with Crippen LogP contribution in [0.1, 0.15) is 0 Å². The summed E-state index contributed by atoms with van der Waals surface area (Å²) >= 11 is 0. The van der Waals surface area contributed by atoms with Crippen LogP contribution in [-0.4, -0.2) is 0 Å². The normalized spacial score (nSPS) is 11.1. The lowest BCUT2D eigenvalue weighted by Crippen LogP contribution is -2.25. The van der Waals surface area contributed by atoms with E-state index in [-0.39, 0.29) is 0 Å². The van der Waals surface area contributed by atoms with Gasteiger partial charge in [-0.25, -0.2) is 0 Å². The van der Waals surface area contributed by atoms with Crippen molar-refractivity contribution >= 4 is 59.0 Å². The molecule has 0 aliphatic rings.